The molecule has 0 aromatic heterocycles. The predicted octanol–water partition coefficient (Wildman–Crippen LogP) is 2.35. The monoisotopic (exact) mass is 295 g/mol. The van der Waals surface area contributed by atoms with Gasteiger partial charge in [0, 0.05) is 13.1 Å². The standard InChI is InChI=1S/C15H21NO3S/c1-4-9-15(3)12-16(10-11-19-15)20(17,18)14-7-5-13(2)6-8-14/h4-8H,1,9-12H2,2-3H3/t15-/m0/s1. The molecule has 0 unspecified atom stereocenters. The zero-order valence-electron chi connectivity index (χ0n) is 12.0. The second-order valence-electron chi connectivity index (χ2n) is 5.44. The van der Waals surface area contributed by atoms with Gasteiger partial charge < -0.3 is 4.74 Å². The van der Waals surface area contributed by atoms with Crippen molar-refractivity contribution in [2.75, 3.05) is 19.7 Å². The molecule has 0 spiro atoms. The molecule has 0 saturated carbocycles. The molecule has 1 aliphatic heterocycles. The van der Waals surface area contributed by atoms with E-state index < -0.39 is 15.6 Å². The second kappa shape index (κ2) is 5.68. The highest BCUT2D eigenvalue weighted by Gasteiger charge is 2.37. The lowest BCUT2D eigenvalue weighted by Crippen LogP contribution is -2.51. The highest BCUT2D eigenvalue weighted by Crippen LogP contribution is 2.26. The summed E-state index contributed by atoms with van der Waals surface area (Å²) in [5.41, 5.74) is 0.556. The van der Waals surface area contributed by atoms with Crippen LogP contribution in [0.3, 0.4) is 0 Å². The lowest BCUT2D eigenvalue weighted by atomic mass is 10.0. The molecule has 0 N–H and O–H groups in total. The van der Waals surface area contributed by atoms with Gasteiger partial charge in [-0.25, -0.2) is 8.42 Å². The third-order valence-corrected chi connectivity index (χ3v) is 5.40. The normalized spacial score (nSPS) is 24.5. The first-order valence-electron chi connectivity index (χ1n) is 6.69. The van der Waals surface area contributed by atoms with E-state index in [1.54, 1.807) is 18.2 Å². The Morgan fingerprint density at radius 2 is 2.05 bits per heavy atom. The smallest absolute Gasteiger partial charge is 0.243 e. The summed E-state index contributed by atoms with van der Waals surface area (Å²) in [6.07, 6.45) is 2.40. The van der Waals surface area contributed by atoms with Crippen molar-refractivity contribution in [2.24, 2.45) is 0 Å². The van der Waals surface area contributed by atoms with Gasteiger partial charge in [-0.3, -0.25) is 0 Å². The molecular formula is C15H21NO3S. The van der Waals surface area contributed by atoms with Crippen molar-refractivity contribution < 1.29 is 13.2 Å². The number of hydrogen-bond acceptors (Lipinski definition) is 3. The van der Waals surface area contributed by atoms with E-state index in [1.165, 1.54) is 4.31 Å². The van der Waals surface area contributed by atoms with Crippen LogP contribution in [0.1, 0.15) is 18.9 Å². The van der Waals surface area contributed by atoms with Crippen molar-refractivity contribution >= 4 is 10.0 Å². The van der Waals surface area contributed by atoms with Crippen LogP contribution in [-0.4, -0.2) is 38.0 Å². The molecule has 1 aromatic rings. The molecule has 1 aromatic carbocycles. The molecule has 20 heavy (non-hydrogen) atoms. The number of nitrogens with zero attached hydrogens (tertiary/aromatic N) is 1. The maximum atomic E-state index is 12.6. The molecule has 1 atom stereocenters. The summed E-state index contributed by atoms with van der Waals surface area (Å²) in [5.74, 6) is 0. The van der Waals surface area contributed by atoms with E-state index in [0.29, 0.717) is 31.0 Å². The quantitative estimate of drug-likeness (QED) is 0.801. The molecule has 1 heterocycles. The summed E-state index contributed by atoms with van der Waals surface area (Å²) in [6.45, 7) is 8.73. The van der Waals surface area contributed by atoms with Crippen LogP contribution in [0, 0.1) is 6.92 Å². The van der Waals surface area contributed by atoms with Gasteiger partial charge in [0.05, 0.1) is 17.1 Å². The van der Waals surface area contributed by atoms with Crippen LogP contribution < -0.4 is 0 Å². The van der Waals surface area contributed by atoms with Crippen LogP contribution in [0.15, 0.2) is 41.8 Å². The molecule has 2 rings (SSSR count). The van der Waals surface area contributed by atoms with Crippen molar-refractivity contribution in [3.8, 4) is 0 Å². The zero-order chi connectivity index (χ0) is 14.8. The Morgan fingerprint density at radius 3 is 2.65 bits per heavy atom. The molecule has 0 amide bonds. The topological polar surface area (TPSA) is 46.6 Å². The highest BCUT2D eigenvalue weighted by atomic mass is 32.2. The van der Waals surface area contributed by atoms with Crippen LogP contribution >= 0.6 is 0 Å². The number of sulfonamides is 1. The maximum Gasteiger partial charge on any atom is 0.243 e. The average Bonchev–Trinajstić information content (AvgIpc) is 2.39. The Labute approximate surface area is 121 Å². The third-order valence-electron chi connectivity index (χ3n) is 3.54. The highest BCUT2D eigenvalue weighted by molar-refractivity contribution is 7.89. The maximum absolute atomic E-state index is 12.6. The third kappa shape index (κ3) is 3.11. The first kappa shape index (κ1) is 15.2. The van der Waals surface area contributed by atoms with Crippen LogP contribution in [0.2, 0.25) is 0 Å². The minimum atomic E-state index is -3.45. The fourth-order valence-electron chi connectivity index (χ4n) is 2.38. The van der Waals surface area contributed by atoms with Gasteiger partial charge in [0.1, 0.15) is 0 Å². The van der Waals surface area contributed by atoms with Gasteiger partial charge in [-0.1, -0.05) is 23.8 Å². The number of benzene rings is 1. The van der Waals surface area contributed by atoms with Crippen LogP contribution in [0.4, 0.5) is 0 Å². The van der Waals surface area contributed by atoms with Gasteiger partial charge >= 0.3 is 0 Å². The summed E-state index contributed by atoms with van der Waals surface area (Å²) in [5, 5.41) is 0. The summed E-state index contributed by atoms with van der Waals surface area (Å²) in [7, 11) is -3.45. The number of rotatable bonds is 4. The summed E-state index contributed by atoms with van der Waals surface area (Å²) >= 11 is 0. The van der Waals surface area contributed by atoms with Crippen LogP contribution in [-0.2, 0) is 14.8 Å². The van der Waals surface area contributed by atoms with E-state index in [2.05, 4.69) is 6.58 Å². The number of ether oxygens (including phenoxy) is 1. The van der Waals surface area contributed by atoms with E-state index in [4.69, 9.17) is 4.74 Å². The SMILES string of the molecule is C=CC[C@@]1(C)CN(S(=O)(=O)c2ccc(C)cc2)CCO1. The molecule has 1 aliphatic rings. The summed E-state index contributed by atoms with van der Waals surface area (Å²) in [4.78, 5) is 0.339. The van der Waals surface area contributed by atoms with Crippen molar-refractivity contribution in [3.63, 3.8) is 0 Å². The van der Waals surface area contributed by atoms with Crippen molar-refractivity contribution in [2.45, 2.75) is 30.8 Å². The minimum absolute atomic E-state index is 0.339. The van der Waals surface area contributed by atoms with Crippen molar-refractivity contribution in [3.05, 3.63) is 42.5 Å². The van der Waals surface area contributed by atoms with Crippen molar-refractivity contribution in [1.29, 1.82) is 0 Å². The predicted molar refractivity (Wildman–Crippen MR) is 79.1 cm³/mol. The molecule has 4 nitrogen and oxygen atoms in total. The molecule has 0 bridgehead atoms. The first-order valence-corrected chi connectivity index (χ1v) is 8.13. The Morgan fingerprint density at radius 1 is 1.40 bits per heavy atom. The van der Waals surface area contributed by atoms with Gasteiger partial charge in [-0.15, -0.1) is 6.58 Å². The van der Waals surface area contributed by atoms with Gasteiger partial charge in [-0.05, 0) is 32.4 Å². The van der Waals surface area contributed by atoms with Crippen molar-refractivity contribution in [1.82, 2.24) is 4.31 Å². The fraction of sp³-hybridized carbons (Fsp3) is 0.467. The number of aryl methyl sites for hydroxylation is 1. The molecule has 5 heteroatoms. The summed E-state index contributed by atoms with van der Waals surface area (Å²) < 4.78 is 32.5. The zero-order valence-corrected chi connectivity index (χ0v) is 12.8. The molecule has 1 fully saturated rings. The van der Waals surface area contributed by atoms with Gasteiger partial charge in [-0.2, -0.15) is 4.31 Å². The lowest BCUT2D eigenvalue weighted by molar-refractivity contribution is -0.0745. The molecule has 110 valence electrons. The lowest BCUT2D eigenvalue weighted by Gasteiger charge is -2.39. The molecule has 0 radical (unpaired) electrons. The summed E-state index contributed by atoms with van der Waals surface area (Å²) in [6, 6.07) is 6.95. The Hall–Kier alpha value is -1.17. The van der Waals surface area contributed by atoms with Crippen LogP contribution in [0.25, 0.3) is 0 Å². The Bertz CT molecular complexity index is 580. The van der Waals surface area contributed by atoms with Gasteiger partial charge in [0.15, 0.2) is 0 Å². The fourth-order valence-corrected chi connectivity index (χ4v) is 3.92. The first-order chi connectivity index (χ1) is 9.37. The van der Waals surface area contributed by atoms with Crippen LogP contribution in [0.5, 0.6) is 0 Å². The largest absolute Gasteiger partial charge is 0.372 e. The van der Waals surface area contributed by atoms with E-state index in [1.807, 2.05) is 26.0 Å². The molecule has 1 saturated heterocycles. The molecular weight excluding hydrogens is 274 g/mol. The molecule has 0 aliphatic carbocycles. The Kier molecular flexibility index (Phi) is 4.32. The van der Waals surface area contributed by atoms with E-state index in [0.717, 1.165) is 5.56 Å². The average molecular weight is 295 g/mol. The van der Waals surface area contributed by atoms with Gasteiger partial charge in [0.2, 0.25) is 10.0 Å². The Balaban J connectivity index is 2.25. The minimum Gasteiger partial charge on any atom is -0.372 e. The van der Waals surface area contributed by atoms with E-state index in [9.17, 15) is 8.42 Å². The van der Waals surface area contributed by atoms with E-state index in [-0.39, 0.29) is 0 Å². The van der Waals surface area contributed by atoms with Gasteiger partial charge in [0.25, 0.3) is 0 Å². The number of morpholine rings is 1. The second-order valence-corrected chi connectivity index (χ2v) is 7.38. The number of hydrogen-bond donors (Lipinski definition) is 0. The van der Waals surface area contributed by atoms with E-state index >= 15 is 0 Å².